The molecule has 19 heavy (non-hydrogen) atoms. The summed E-state index contributed by atoms with van der Waals surface area (Å²) in [7, 11) is 3.49. The molecular formula is C15H15BrFNO. The van der Waals surface area contributed by atoms with Crippen molar-refractivity contribution in [3.8, 4) is 5.75 Å². The van der Waals surface area contributed by atoms with Crippen LogP contribution in [0.4, 0.5) is 4.39 Å². The quantitative estimate of drug-likeness (QED) is 0.921. The average Bonchev–Trinajstić information content (AvgIpc) is 2.45. The zero-order valence-corrected chi connectivity index (χ0v) is 12.4. The number of ether oxygens (including phenoxy) is 1. The summed E-state index contributed by atoms with van der Waals surface area (Å²) in [5.74, 6) is 0.545. The number of hydrogen-bond acceptors (Lipinski definition) is 2. The first-order valence-corrected chi connectivity index (χ1v) is 6.71. The molecule has 0 aliphatic heterocycles. The standard InChI is InChI=1S/C15H15BrFNO/c1-18-15(10-6-8-11(19-2)9-7-10)12-4-3-5-13(17)14(12)16/h3-9,15,18H,1-2H3. The van der Waals surface area contributed by atoms with Crippen molar-refractivity contribution in [1.82, 2.24) is 5.32 Å². The number of methoxy groups -OCH3 is 1. The molecule has 0 aliphatic carbocycles. The van der Waals surface area contributed by atoms with Crippen molar-refractivity contribution in [3.63, 3.8) is 0 Å². The smallest absolute Gasteiger partial charge is 0.137 e. The van der Waals surface area contributed by atoms with Gasteiger partial charge in [-0.2, -0.15) is 0 Å². The zero-order chi connectivity index (χ0) is 13.8. The second kappa shape index (κ2) is 6.17. The Kier molecular flexibility index (Phi) is 4.56. The first-order valence-electron chi connectivity index (χ1n) is 5.92. The van der Waals surface area contributed by atoms with E-state index in [1.54, 1.807) is 13.2 Å². The van der Waals surface area contributed by atoms with Crippen LogP contribution in [0, 0.1) is 5.82 Å². The van der Waals surface area contributed by atoms with Crippen molar-refractivity contribution in [2.24, 2.45) is 0 Å². The van der Waals surface area contributed by atoms with Crippen LogP contribution >= 0.6 is 15.9 Å². The highest BCUT2D eigenvalue weighted by Crippen LogP contribution is 2.30. The van der Waals surface area contributed by atoms with Gasteiger partial charge in [0.15, 0.2) is 0 Å². The molecule has 2 aromatic rings. The molecule has 4 heteroatoms. The van der Waals surface area contributed by atoms with Gasteiger partial charge in [0, 0.05) is 0 Å². The van der Waals surface area contributed by atoms with Gasteiger partial charge in [0.25, 0.3) is 0 Å². The van der Waals surface area contributed by atoms with Crippen LogP contribution in [-0.2, 0) is 0 Å². The first-order chi connectivity index (χ1) is 9.17. The Morgan fingerprint density at radius 1 is 1.16 bits per heavy atom. The van der Waals surface area contributed by atoms with E-state index in [1.165, 1.54) is 6.07 Å². The Morgan fingerprint density at radius 3 is 2.42 bits per heavy atom. The maximum Gasteiger partial charge on any atom is 0.137 e. The Labute approximate surface area is 120 Å². The van der Waals surface area contributed by atoms with Gasteiger partial charge in [0.1, 0.15) is 11.6 Å². The van der Waals surface area contributed by atoms with Crippen LogP contribution in [0.3, 0.4) is 0 Å². The molecule has 2 rings (SSSR count). The highest BCUT2D eigenvalue weighted by molar-refractivity contribution is 9.10. The van der Waals surface area contributed by atoms with Gasteiger partial charge < -0.3 is 10.1 Å². The summed E-state index contributed by atoms with van der Waals surface area (Å²) >= 11 is 3.31. The fraction of sp³-hybridized carbons (Fsp3) is 0.200. The molecule has 0 bridgehead atoms. The van der Waals surface area contributed by atoms with E-state index >= 15 is 0 Å². The highest BCUT2D eigenvalue weighted by Gasteiger charge is 2.16. The monoisotopic (exact) mass is 323 g/mol. The molecule has 0 heterocycles. The van der Waals surface area contributed by atoms with Crippen molar-refractivity contribution in [2.45, 2.75) is 6.04 Å². The van der Waals surface area contributed by atoms with Crippen molar-refractivity contribution < 1.29 is 9.13 Å². The molecule has 2 aromatic carbocycles. The summed E-state index contributed by atoms with van der Waals surface area (Å²) in [4.78, 5) is 0. The van der Waals surface area contributed by atoms with Crippen molar-refractivity contribution in [3.05, 3.63) is 63.9 Å². The van der Waals surface area contributed by atoms with Gasteiger partial charge in [0.2, 0.25) is 0 Å². The minimum Gasteiger partial charge on any atom is -0.497 e. The van der Waals surface area contributed by atoms with Crippen molar-refractivity contribution in [1.29, 1.82) is 0 Å². The van der Waals surface area contributed by atoms with E-state index in [-0.39, 0.29) is 11.9 Å². The minimum atomic E-state index is -0.258. The van der Waals surface area contributed by atoms with Crippen molar-refractivity contribution in [2.75, 3.05) is 14.2 Å². The number of hydrogen-bond donors (Lipinski definition) is 1. The molecule has 0 amide bonds. The van der Waals surface area contributed by atoms with E-state index in [1.807, 2.05) is 37.4 Å². The number of benzene rings is 2. The Balaban J connectivity index is 2.40. The lowest BCUT2D eigenvalue weighted by molar-refractivity contribution is 0.414. The number of rotatable bonds is 4. The third-order valence-electron chi connectivity index (χ3n) is 3.03. The molecule has 0 spiro atoms. The molecule has 0 aliphatic rings. The van der Waals surface area contributed by atoms with Gasteiger partial charge >= 0.3 is 0 Å². The summed E-state index contributed by atoms with van der Waals surface area (Å²) in [6.45, 7) is 0. The third-order valence-corrected chi connectivity index (χ3v) is 3.87. The van der Waals surface area contributed by atoms with Crippen LogP contribution in [0.2, 0.25) is 0 Å². The molecule has 0 radical (unpaired) electrons. The fourth-order valence-corrected chi connectivity index (χ4v) is 2.53. The van der Waals surface area contributed by atoms with E-state index in [2.05, 4.69) is 21.2 Å². The van der Waals surface area contributed by atoms with Gasteiger partial charge in [-0.1, -0.05) is 24.3 Å². The predicted molar refractivity (Wildman–Crippen MR) is 78.0 cm³/mol. The highest BCUT2D eigenvalue weighted by atomic mass is 79.9. The molecule has 0 aromatic heterocycles. The van der Waals surface area contributed by atoms with Crippen LogP contribution in [0.5, 0.6) is 5.75 Å². The largest absolute Gasteiger partial charge is 0.497 e. The van der Waals surface area contributed by atoms with Gasteiger partial charge in [-0.15, -0.1) is 0 Å². The first kappa shape index (κ1) is 14.0. The Morgan fingerprint density at radius 2 is 1.84 bits per heavy atom. The summed E-state index contributed by atoms with van der Waals surface area (Å²) < 4.78 is 19.2. The lowest BCUT2D eigenvalue weighted by atomic mass is 9.99. The molecular weight excluding hydrogens is 309 g/mol. The molecule has 100 valence electrons. The second-order valence-corrected chi connectivity index (χ2v) is 4.93. The lowest BCUT2D eigenvalue weighted by Gasteiger charge is -2.19. The average molecular weight is 324 g/mol. The second-order valence-electron chi connectivity index (χ2n) is 4.14. The van der Waals surface area contributed by atoms with Gasteiger partial charge in [-0.3, -0.25) is 0 Å². The molecule has 1 unspecified atom stereocenters. The number of halogens is 2. The van der Waals surface area contributed by atoms with E-state index in [4.69, 9.17) is 4.74 Å². The fourth-order valence-electron chi connectivity index (χ4n) is 2.04. The maximum absolute atomic E-state index is 13.6. The van der Waals surface area contributed by atoms with Crippen LogP contribution in [0.25, 0.3) is 0 Å². The van der Waals surface area contributed by atoms with E-state index in [0.29, 0.717) is 4.47 Å². The number of nitrogens with one attached hydrogen (secondary N) is 1. The zero-order valence-electron chi connectivity index (χ0n) is 10.8. The van der Waals surface area contributed by atoms with Crippen LogP contribution in [0.1, 0.15) is 17.2 Å². The maximum atomic E-state index is 13.6. The molecule has 0 saturated heterocycles. The van der Waals surface area contributed by atoms with Crippen LogP contribution in [-0.4, -0.2) is 14.2 Å². The topological polar surface area (TPSA) is 21.3 Å². The Bertz CT molecular complexity index is 557. The predicted octanol–water partition coefficient (Wildman–Crippen LogP) is 3.91. The van der Waals surface area contributed by atoms with Gasteiger partial charge in [-0.25, -0.2) is 4.39 Å². The summed E-state index contributed by atoms with van der Waals surface area (Å²) in [5, 5.41) is 3.20. The molecule has 0 fully saturated rings. The van der Waals surface area contributed by atoms with Crippen LogP contribution < -0.4 is 10.1 Å². The van der Waals surface area contributed by atoms with E-state index < -0.39 is 0 Å². The van der Waals surface area contributed by atoms with Crippen molar-refractivity contribution >= 4 is 15.9 Å². The Hall–Kier alpha value is -1.39. The summed E-state index contributed by atoms with van der Waals surface area (Å²) in [5.41, 5.74) is 1.92. The lowest BCUT2D eigenvalue weighted by Crippen LogP contribution is -2.18. The molecule has 2 nitrogen and oxygen atoms in total. The summed E-state index contributed by atoms with van der Waals surface area (Å²) in [6, 6.07) is 12.7. The van der Waals surface area contributed by atoms with E-state index in [0.717, 1.165) is 16.9 Å². The summed E-state index contributed by atoms with van der Waals surface area (Å²) in [6.07, 6.45) is 0. The van der Waals surface area contributed by atoms with E-state index in [9.17, 15) is 4.39 Å². The molecule has 0 saturated carbocycles. The normalized spacial score (nSPS) is 12.2. The van der Waals surface area contributed by atoms with Gasteiger partial charge in [0.05, 0.1) is 17.6 Å². The SMILES string of the molecule is CNC(c1ccc(OC)cc1)c1cccc(F)c1Br. The molecule has 1 N–H and O–H groups in total. The van der Waals surface area contributed by atoms with Crippen LogP contribution in [0.15, 0.2) is 46.9 Å². The van der Waals surface area contributed by atoms with Gasteiger partial charge in [-0.05, 0) is 52.3 Å². The minimum absolute atomic E-state index is 0.0732. The molecule has 1 atom stereocenters. The third kappa shape index (κ3) is 2.96.